The van der Waals surface area contributed by atoms with Crippen LogP contribution in [0.25, 0.3) is 11.6 Å². The minimum absolute atomic E-state index is 0. The van der Waals surface area contributed by atoms with Crippen LogP contribution in [0, 0.1) is 30.7 Å². The number of hydrogen-bond acceptors (Lipinski definition) is 5. The zero-order chi connectivity index (χ0) is 48.8. The summed E-state index contributed by atoms with van der Waals surface area (Å²) in [5, 5.41) is 21.5. The standard InChI is InChI=1S/C26H25F5O3.C26H21F5O2.CH3/c1-3-4-16-11-23(32)19(13-21(16)27)25(15-5-7-18(34-2)8-6-15)20-14-22(28)17(12-24(20)33)9-10-26(29,30)31;1-3-4-16-11-23-19(13-21(16)27)25(15-5-7-18(32-2)8-6-15)20-14-22(28)17(12-24(20)33-23)9-10-26(29,30)31;/h5-8,11-14,25,32-33H,3-4,9-10H2,1-2H3;5-9,11-14H,3-4,10H2,1-2H3;1H3/q;;-1/b;17-9-;. The van der Waals surface area contributed by atoms with Gasteiger partial charge in [-0.25, -0.2) is 17.6 Å². The lowest BCUT2D eigenvalue weighted by atomic mass is 9.82. The molecule has 0 aromatic heterocycles. The fourth-order valence-electron chi connectivity index (χ4n) is 7.85. The maximum atomic E-state index is 14.8. The summed E-state index contributed by atoms with van der Waals surface area (Å²) in [5.41, 5.74) is 2.67. The van der Waals surface area contributed by atoms with Gasteiger partial charge in [0.1, 0.15) is 57.8 Å². The van der Waals surface area contributed by atoms with Crippen molar-refractivity contribution in [1.29, 1.82) is 0 Å². The second-order valence-electron chi connectivity index (χ2n) is 15.9. The van der Waals surface area contributed by atoms with Crippen LogP contribution in [0.3, 0.4) is 0 Å². The monoisotopic (exact) mass is 955 g/mol. The molecule has 0 saturated carbocycles. The lowest BCUT2D eigenvalue weighted by Crippen LogP contribution is -2.23. The second-order valence-corrected chi connectivity index (χ2v) is 15.9. The Hall–Kier alpha value is -6.64. The molecule has 7 rings (SSSR count). The molecule has 362 valence electrons. The van der Waals surface area contributed by atoms with E-state index >= 15 is 0 Å². The van der Waals surface area contributed by atoms with Gasteiger partial charge in [0.25, 0.3) is 0 Å². The minimum Gasteiger partial charge on any atom is -0.508 e. The van der Waals surface area contributed by atoms with Gasteiger partial charge in [-0.3, -0.25) is 0 Å². The Bertz CT molecular complexity index is 2840. The molecule has 0 spiro atoms. The summed E-state index contributed by atoms with van der Waals surface area (Å²) in [6.07, 6.45) is -9.00. The quantitative estimate of drug-likeness (QED) is 0.0685. The van der Waals surface area contributed by atoms with Crippen LogP contribution < -0.4 is 24.6 Å². The largest absolute Gasteiger partial charge is 0.508 e. The van der Waals surface area contributed by atoms with Gasteiger partial charge in [-0.05, 0) is 120 Å². The molecule has 1 heterocycles. The number of fused-ring (bicyclic) bond motifs is 2. The first-order valence-electron chi connectivity index (χ1n) is 21.2. The summed E-state index contributed by atoms with van der Waals surface area (Å²) < 4.78 is 151. The van der Waals surface area contributed by atoms with Crippen molar-refractivity contribution in [2.24, 2.45) is 0 Å². The Kier molecular flexibility index (Phi) is 16.9. The number of methoxy groups -OCH3 is 2. The van der Waals surface area contributed by atoms with Crippen LogP contribution in [-0.2, 0) is 19.3 Å². The first-order chi connectivity index (χ1) is 31.7. The van der Waals surface area contributed by atoms with E-state index in [0.29, 0.717) is 75.1 Å². The molecule has 6 aromatic rings. The van der Waals surface area contributed by atoms with Crippen molar-refractivity contribution < 1.29 is 68.3 Å². The van der Waals surface area contributed by atoms with E-state index in [1.165, 1.54) is 32.4 Å². The topological polar surface area (TPSA) is 68.2 Å². The summed E-state index contributed by atoms with van der Waals surface area (Å²) >= 11 is 0. The third-order valence-electron chi connectivity index (χ3n) is 11.1. The van der Waals surface area contributed by atoms with E-state index in [-0.39, 0.29) is 40.8 Å². The van der Waals surface area contributed by atoms with E-state index in [1.54, 1.807) is 54.6 Å². The number of aromatic hydroxyl groups is 2. The van der Waals surface area contributed by atoms with E-state index in [4.69, 9.17) is 14.2 Å². The molecule has 1 aliphatic rings. The van der Waals surface area contributed by atoms with Crippen LogP contribution in [0.5, 0.6) is 34.5 Å². The predicted molar refractivity (Wildman–Crippen MR) is 241 cm³/mol. The van der Waals surface area contributed by atoms with Crippen molar-refractivity contribution in [3.63, 3.8) is 0 Å². The van der Waals surface area contributed by atoms with Gasteiger partial charge in [-0.15, -0.1) is 0 Å². The molecule has 5 nitrogen and oxygen atoms in total. The average molecular weight is 956 g/mol. The highest BCUT2D eigenvalue weighted by molar-refractivity contribution is 5.85. The van der Waals surface area contributed by atoms with Crippen molar-refractivity contribution in [2.75, 3.05) is 14.2 Å². The number of rotatable bonds is 13. The summed E-state index contributed by atoms with van der Waals surface area (Å²) in [5.74, 6) is -2.71. The summed E-state index contributed by atoms with van der Waals surface area (Å²) in [7, 11) is 3.00. The van der Waals surface area contributed by atoms with E-state index < -0.39 is 66.6 Å². The van der Waals surface area contributed by atoms with Gasteiger partial charge in [-0.2, -0.15) is 26.3 Å². The third-order valence-corrected chi connectivity index (χ3v) is 11.1. The summed E-state index contributed by atoms with van der Waals surface area (Å²) in [6.45, 7) is 3.79. The predicted octanol–water partition coefficient (Wildman–Crippen LogP) is 13.5. The maximum absolute atomic E-state index is 14.8. The Morgan fingerprint density at radius 1 is 0.588 bits per heavy atom. The zero-order valence-corrected chi connectivity index (χ0v) is 37.7. The van der Waals surface area contributed by atoms with Crippen molar-refractivity contribution in [1.82, 2.24) is 0 Å². The molecule has 0 amide bonds. The molecule has 1 atom stereocenters. The molecule has 6 aromatic carbocycles. The first kappa shape index (κ1) is 52.3. The summed E-state index contributed by atoms with van der Waals surface area (Å²) in [4.78, 5) is 0. The van der Waals surface area contributed by atoms with Crippen LogP contribution >= 0.6 is 0 Å². The van der Waals surface area contributed by atoms with Crippen molar-refractivity contribution in [2.45, 2.75) is 77.1 Å². The molecule has 1 aliphatic heterocycles. The number of aryl methyl sites for hydroxylation is 3. The smallest absolute Gasteiger partial charge is 0.392 e. The molecule has 0 radical (unpaired) electrons. The average Bonchev–Trinajstić information content (AvgIpc) is 3.27. The van der Waals surface area contributed by atoms with Crippen LogP contribution in [0.15, 0.2) is 97.1 Å². The van der Waals surface area contributed by atoms with Crippen molar-refractivity contribution in [3.05, 3.63) is 183 Å². The number of ether oxygens (including phenoxy) is 3. The van der Waals surface area contributed by atoms with E-state index in [9.17, 15) is 54.1 Å². The van der Waals surface area contributed by atoms with Crippen LogP contribution in [0.1, 0.15) is 90.0 Å². The number of benzene rings is 6. The van der Waals surface area contributed by atoms with Crippen LogP contribution in [0.4, 0.5) is 43.9 Å². The van der Waals surface area contributed by atoms with Crippen LogP contribution in [0.2, 0.25) is 0 Å². The highest BCUT2D eigenvalue weighted by Crippen LogP contribution is 2.43. The fourth-order valence-corrected chi connectivity index (χ4v) is 7.85. The van der Waals surface area contributed by atoms with Gasteiger partial charge in [0.2, 0.25) is 0 Å². The van der Waals surface area contributed by atoms with Gasteiger partial charge >= 0.3 is 12.4 Å². The molecule has 2 N–H and O–H groups in total. The normalized spacial score (nSPS) is 12.8. The minimum atomic E-state index is -4.48. The molecule has 68 heavy (non-hydrogen) atoms. The highest BCUT2D eigenvalue weighted by atomic mass is 19.4. The van der Waals surface area contributed by atoms with Gasteiger partial charge in [-0.1, -0.05) is 57.0 Å². The Morgan fingerprint density at radius 3 is 1.59 bits per heavy atom. The lowest BCUT2D eigenvalue weighted by Gasteiger charge is -2.23. The zero-order valence-electron chi connectivity index (χ0n) is 37.7. The molecule has 0 fully saturated rings. The molecular weight excluding hydrogens is 907 g/mol. The summed E-state index contributed by atoms with van der Waals surface area (Å²) in [6, 6.07) is 23.1. The lowest BCUT2D eigenvalue weighted by molar-refractivity contribution is -0.134. The molecule has 0 aliphatic carbocycles. The number of phenolic OH excluding ortho intramolecular Hbond substituents is 2. The van der Waals surface area contributed by atoms with E-state index in [1.807, 2.05) is 13.8 Å². The van der Waals surface area contributed by atoms with Crippen molar-refractivity contribution >= 4 is 11.6 Å². The highest BCUT2D eigenvalue weighted by Gasteiger charge is 2.30. The van der Waals surface area contributed by atoms with Gasteiger partial charge in [0.15, 0.2) is 0 Å². The molecule has 1 unspecified atom stereocenters. The van der Waals surface area contributed by atoms with Gasteiger partial charge < -0.3 is 31.9 Å². The first-order valence-corrected chi connectivity index (χ1v) is 21.2. The Balaban J connectivity index is 0.000000250. The second kappa shape index (κ2) is 22.0. The van der Waals surface area contributed by atoms with E-state index in [0.717, 1.165) is 36.8 Å². The number of hydrogen-bond donors (Lipinski definition) is 2. The molecule has 15 heteroatoms. The number of alkyl halides is 6. The fraction of sp³-hybridized carbons (Fsp3) is 0.264. The Morgan fingerprint density at radius 2 is 1.09 bits per heavy atom. The molecule has 0 bridgehead atoms. The van der Waals surface area contributed by atoms with Gasteiger partial charge in [0.05, 0.1) is 20.6 Å². The maximum Gasteiger partial charge on any atom is 0.392 e. The number of halogens is 10. The van der Waals surface area contributed by atoms with Crippen molar-refractivity contribution in [3.8, 4) is 34.5 Å². The third kappa shape index (κ3) is 12.5. The Labute approximate surface area is 387 Å². The van der Waals surface area contributed by atoms with Gasteiger partial charge in [0, 0.05) is 45.0 Å². The number of phenols is 2. The SMILES string of the molecule is CCCc1cc(O)c(C(c2ccc(OC)cc2)c2cc(F)c(CCC(F)(F)F)cc2O)cc1F.CCCc1cc2c(cc1F)C(c1ccc(OC)cc1)=c1cc(F)/c(=C\CC(F)(F)F)cc1O2.[CH3-]. The molecule has 0 saturated heterocycles. The van der Waals surface area contributed by atoms with Crippen LogP contribution in [-0.4, -0.2) is 36.8 Å². The van der Waals surface area contributed by atoms with E-state index in [2.05, 4.69) is 0 Å². The molecular formula is C53H49F10O5-.